The van der Waals surface area contributed by atoms with E-state index in [1.165, 1.54) is 0 Å². The highest BCUT2D eigenvalue weighted by Crippen LogP contribution is 2.43. The summed E-state index contributed by atoms with van der Waals surface area (Å²) in [5, 5.41) is 0. The van der Waals surface area contributed by atoms with E-state index in [1.54, 1.807) is 0 Å². The quantitative estimate of drug-likeness (QED) is 0.0302. The summed E-state index contributed by atoms with van der Waals surface area (Å²) in [7, 11) is -4.26. The zero-order valence-electron chi connectivity index (χ0n) is 29.9. The molecule has 0 aromatic carbocycles. The molecule has 48 heavy (non-hydrogen) atoms. The summed E-state index contributed by atoms with van der Waals surface area (Å²) in [4.78, 5) is 21.9. The lowest BCUT2D eigenvalue weighted by Gasteiger charge is -2.20. The average Bonchev–Trinajstić information content (AvgIpc) is 3.07. The number of carbonyl (C=O) groups is 1. The molecule has 0 rings (SSSR count). The Kier molecular flexibility index (Phi) is 34.2. The van der Waals surface area contributed by atoms with E-state index >= 15 is 0 Å². The largest absolute Gasteiger partial charge is 0.472 e. The molecule has 0 aromatic rings. The van der Waals surface area contributed by atoms with Gasteiger partial charge in [-0.15, -0.1) is 0 Å². The molecule has 0 aromatic heterocycles. The maximum absolute atomic E-state index is 12.2. The molecule has 0 spiro atoms. The Balaban J connectivity index is 3.92. The van der Waals surface area contributed by atoms with Crippen LogP contribution in [-0.2, 0) is 27.9 Å². The first-order valence-corrected chi connectivity index (χ1v) is 19.6. The van der Waals surface area contributed by atoms with Crippen molar-refractivity contribution >= 4 is 13.8 Å². The lowest BCUT2D eigenvalue weighted by atomic mass is 10.1. The maximum Gasteiger partial charge on any atom is 0.472 e. The molecule has 2 unspecified atom stereocenters. The van der Waals surface area contributed by atoms with Crippen LogP contribution in [-0.4, -0.2) is 49.9 Å². The second-order valence-corrected chi connectivity index (χ2v) is 12.8. The van der Waals surface area contributed by atoms with Crippen molar-refractivity contribution in [3.63, 3.8) is 0 Å². The van der Waals surface area contributed by atoms with E-state index in [2.05, 4.69) is 98.9 Å². The fraction of sp³-hybridized carbons (Fsp3) is 0.615. The lowest BCUT2D eigenvalue weighted by Crippen LogP contribution is -2.28. The number of carbonyl (C=O) groups excluding carboxylic acids is 1. The molecule has 0 saturated carbocycles. The SMILES string of the molecule is CC/C=C\C/C=C\C/C=C\C/C=C\C/C=C\C/C=C\C/C=C\CCCCCCOCC(COP(=O)(O)OCCN)OC(=O)CCCCC. The van der Waals surface area contributed by atoms with Gasteiger partial charge in [0.2, 0.25) is 0 Å². The highest BCUT2D eigenvalue weighted by atomic mass is 31.2. The van der Waals surface area contributed by atoms with Gasteiger partial charge in [0.1, 0.15) is 6.10 Å². The Hall–Kier alpha value is -2.32. The number of hydrogen-bond acceptors (Lipinski definition) is 7. The van der Waals surface area contributed by atoms with Gasteiger partial charge in [-0.25, -0.2) is 4.57 Å². The monoisotopic (exact) mass is 691 g/mol. The van der Waals surface area contributed by atoms with Gasteiger partial charge in [-0.1, -0.05) is 125 Å². The first kappa shape index (κ1) is 45.7. The Morgan fingerprint density at radius 1 is 0.646 bits per heavy atom. The Labute approximate surface area is 292 Å². The topological polar surface area (TPSA) is 117 Å². The van der Waals surface area contributed by atoms with Crippen LogP contribution < -0.4 is 5.73 Å². The van der Waals surface area contributed by atoms with Crippen LogP contribution in [0.1, 0.15) is 117 Å². The smallest absolute Gasteiger partial charge is 0.457 e. The molecule has 8 nitrogen and oxygen atoms in total. The number of unbranched alkanes of at least 4 members (excludes halogenated alkanes) is 6. The molecule has 0 amide bonds. The summed E-state index contributed by atoms with van der Waals surface area (Å²) in [5.41, 5.74) is 5.31. The molecule has 0 bridgehead atoms. The minimum Gasteiger partial charge on any atom is -0.457 e. The van der Waals surface area contributed by atoms with E-state index in [9.17, 15) is 14.3 Å². The van der Waals surface area contributed by atoms with Gasteiger partial charge in [0, 0.05) is 19.6 Å². The number of hydrogen-bond donors (Lipinski definition) is 2. The van der Waals surface area contributed by atoms with Crippen molar-refractivity contribution in [1.82, 2.24) is 0 Å². The van der Waals surface area contributed by atoms with Gasteiger partial charge in [0.25, 0.3) is 0 Å². The van der Waals surface area contributed by atoms with Crippen molar-refractivity contribution in [2.75, 3.05) is 33.0 Å². The van der Waals surface area contributed by atoms with Gasteiger partial charge < -0.3 is 20.1 Å². The third-order valence-corrected chi connectivity index (χ3v) is 7.81. The predicted molar refractivity (Wildman–Crippen MR) is 201 cm³/mol. The minimum atomic E-state index is -4.26. The number of phosphoric ester groups is 1. The van der Waals surface area contributed by atoms with E-state index < -0.39 is 13.9 Å². The molecule has 0 aliphatic carbocycles. The zero-order valence-corrected chi connectivity index (χ0v) is 30.8. The highest BCUT2D eigenvalue weighted by Gasteiger charge is 2.25. The predicted octanol–water partition coefficient (Wildman–Crippen LogP) is 10.2. The van der Waals surface area contributed by atoms with Crippen LogP contribution in [0.2, 0.25) is 0 Å². The minimum absolute atomic E-state index is 0.0907. The average molecular weight is 692 g/mol. The number of esters is 1. The van der Waals surface area contributed by atoms with Gasteiger partial charge in [0.05, 0.1) is 19.8 Å². The second-order valence-electron chi connectivity index (χ2n) is 11.4. The van der Waals surface area contributed by atoms with Crippen LogP contribution in [0.4, 0.5) is 0 Å². The van der Waals surface area contributed by atoms with Gasteiger partial charge in [0.15, 0.2) is 0 Å². The number of allylic oxidation sites excluding steroid dienone is 14. The van der Waals surface area contributed by atoms with Gasteiger partial charge in [-0.05, 0) is 70.6 Å². The van der Waals surface area contributed by atoms with Crippen molar-refractivity contribution < 1.29 is 32.8 Å². The summed E-state index contributed by atoms with van der Waals surface area (Å²) >= 11 is 0. The Bertz CT molecular complexity index is 1000. The third kappa shape index (κ3) is 35.0. The van der Waals surface area contributed by atoms with Gasteiger partial charge in [-0.3, -0.25) is 13.8 Å². The summed E-state index contributed by atoms with van der Waals surface area (Å²) in [6.45, 7) is 4.51. The summed E-state index contributed by atoms with van der Waals surface area (Å²) < 4.78 is 32.8. The molecule has 0 heterocycles. The molecule has 3 N–H and O–H groups in total. The van der Waals surface area contributed by atoms with Crippen LogP contribution in [0.3, 0.4) is 0 Å². The normalized spacial score (nSPS) is 14.7. The fourth-order valence-electron chi connectivity index (χ4n) is 4.21. The van der Waals surface area contributed by atoms with E-state index in [1.807, 2.05) is 0 Å². The van der Waals surface area contributed by atoms with Crippen LogP contribution >= 0.6 is 7.82 Å². The maximum atomic E-state index is 12.2. The molecule has 0 fully saturated rings. The van der Waals surface area contributed by atoms with Crippen molar-refractivity contribution in [2.24, 2.45) is 5.73 Å². The van der Waals surface area contributed by atoms with Crippen molar-refractivity contribution in [3.05, 3.63) is 85.1 Å². The summed E-state index contributed by atoms with van der Waals surface area (Å²) in [6.07, 6.45) is 45.4. The second kappa shape index (κ2) is 36.0. The standard InChI is InChI=1S/C39H66NO7P/c1-3-5-7-8-9-10-11-12-13-14-15-16-17-18-19-20-21-22-23-24-25-26-27-28-29-31-34-44-36-38(47-39(41)32-30-6-4-2)37-46-48(42,43)45-35-33-40/h5,7,9-10,12-13,15-16,18-19,21-22,24-25,38H,3-4,6,8,11,14,17,20,23,26-37,40H2,1-2H3,(H,42,43)/b7-5-,10-9-,13-12-,16-15-,19-18-,22-21-,25-24-. The molecule has 0 aliphatic rings. The Morgan fingerprint density at radius 2 is 1.17 bits per heavy atom. The number of phosphoric acid groups is 1. The summed E-state index contributed by atoms with van der Waals surface area (Å²) in [5.74, 6) is -0.370. The molecule has 9 heteroatoms. The van der Waals surface area contributed by atoms with Crippen LogP contribution in [0.15, 0.2) is 85.1 Å². The van der Waals surface area contributed by atoms with E-state index in [0.29, 0.717) is 13.0 Å². The van der Waals surface area contributed by atoms with E-state index in [-0.39, 0.29) is 32.3 Å². The molecular formula is C39H66NO7P. The fourth-order valence-corrected chi connectivity index (χ4v) is 4.97. The number of nitrogens with two attached hydrogens (primary N) is 1. The first-order valence-electron chi connectivity index (χ1n) is 18.1. The van der Waals surface area contributed by atoms with Crippen molar-refractivity contribution in [1.29, 1.82) is 0 Å². The molecule has 0 aliphatic heterocycles. The van der Waals surface area contributed by atoms with Gasteiger partial charge >= 0.3 is 13.8 Å². The van der Waals surface area contributed by atoms with Gasteiger partial charge in [-0.2, -0.15) is 0 Å². The third-order valence-electron chi connectivity index (χ3n) is 6.83. The van der Waals surface area contributed by atoms with E-state index in [0.717, 1.165) is 96.3 Å². The van der Waals surface area contributed by atoms with Crippen molar-refractivity contribution in [2.45, 2.75) is 123 Å². The van der Waals surface area contributed by atoms with Crippen LogP contribution in [0.5, 0.6) is 0 Å². The van der Waals surface area contributed by atoms with Crippen LogP contribution in [0, 0.1) is 0 Å². The van der Waals surface area contributed by atoms with Crippen molar-refractivity contribution in [3.8, 4) is 0 Å². The Morgan fingerprint density at radius 3 is 1.69 bits per heavy atom. The summed E-state index contributed by atoms with van der Waals surface area (Å²) in [6, 6.07) is 0. The molecule has 274 valence electrons. The number of ether oxygens (including phenoxy) is 2. The number of rotatable bonds is 33. The molecule has 0 radical (unpaired) electrons. The molecule has 2 atom stereocenters. The van der Waals surface area contributed by atoms with Crippen LogP contribution in [0.25, 0.3) is 0 Å². The molecule has 0 saturated heterocycles. The zero-order chi connectivity index (χ0) is 35.2. The highest BCUT2D eigenvalue weighted by molar-refractivity contribution is 7.47. The molecular weight excluding hydrogens is 625 g/mol. The van der Waals surface area contributed by atoms with E-state index in [4.69, 9.17) is 24.3 Å². The lowest BCUT2D eigenvalue weighted by molar-refractivity contribution is -0.154. The first-order chi connectivity index (χ1) is 23.4.